The Morgan fingerprint density at radius 3 is 3.07 bits per heavy atom. The van der Waals surface area contributed by atoms with E-state index in [1.54, 1.807) is 6.07 Å². The van der Waals surface area contributed by atoms with E-state index in [9.17, 15) is 9.18 Å². The van der Waals surface area contributed by atoms with E-state index >= 15 is 0 Å². The first-order valence-corrected chi connectivity index (χ1v) is 3.94. The van der Waals surface area contributed by atoms with Crippen LogP contribution in [0.2, 0.25) is 0 Å². The fourth-order valence-corrected chi connectivity index (χ4v) is 1.25. The van der Waals surface area contributed by atoms with E-state index in [0.29, 0.717) is 5.39 Å². The molecule has 4 nitrogen and oxygen atoms in total. The molecule has 2 aromatic rings. The predicted octanol–water partition coefficient (Wildman–Crippen LogP) is 1.49. The highest BCUT2D eigenvalue weighted by molar-refractivity contribution is 5.94. The van der Waals surface area contributed by atoms with E-state index < -0.39 is 11.8 Å². The van der Waals surface area contributed by atoms with Gasteiger partial charge in [0.2, 0.25) is 0 Å². The molecule has 0 saturated carbocycles. The maximum Gasteiger partial charge on any atom is 0.340 e. The number of aromatic nitrogens is 2. The number of hydrogen-bond acceptors (Lipinski definition) is 3. The molecule has 1 heterocycles. The Bertz CT molecular complexity index is 493. The minimum atomic E-state index is -0.695. The average Bonchev–Trinajstić information content (AvgIpc) is 2.66. The van der Waals surface area contributed by atoms with E-state index in [1.807, 2.05) is 0 Å². The van der Waals surface area contributed by atoms with Gasteiger partial charge in [-0.2, -0.15) is 5.10 Å². The summed E-state index contributed by atoms with van der Waals surface area (Å²) in [4.78, 5) is 11.1. The molecule has 1 aromatic carbocycles. The van der Waals surface area contributed by atoms with Gasteiger partial charge in [-0.05, 0) is 6.07 Å². The lowest BCUT2D eigenvalue weighted by Gasteiger charge is -2.00. The summed E-state index contributed by atoms with van der Waals surface area (Å²) in [5.41, 5.74) is 0.122. The van der Waals surface area contributed by atoms with Crippen molar-refractivity contribution in [3.8, 4) is 0 Å². The zero-order chi connectivity index (χ0) is 10.1. The van der Waals surface area contributed by atoms with E-state index in [2.05, 4.69) is 14.9 Å². The maximum absolute atomic E-state index is 13.6. The summed E-state index contributed by atoms with van der Waals surface area (Å²) in [6.07, 6.45) is 1.49. The minimum Gasteiger partial charge on any atom is -0.465 e. The summed E-state index contributed by atoms with van der Waals surface area (Å²) >= 11 is 0. The zero-order valence-corrected chi connectivity index (χ0v) is 7.37. The molecule has 0 fully saturated rings. The first-order chi connectivity index (χ1) is 6.74. The van der Waals surface area contributed by atoms with Crippen LogP contribution in [0.15, 0.2) is 18.3 Å². The molecule has 0 unspecified atom stereocenters. The summed E-state index contributed by atoms with van der Waals surface area (Å²) in [7, 11) is 1.21. The third-order valence-corrected chi connectivity index (χ3v) is 1.96. The number of rotatable bonds is 1. The van der Waals surface area contributed by atoms with Crippen molar-refractivity contribution in [3.05, 3.63) is 29.7 Å². The summed E-state index contributed by atoms with van der Waals surface area (Å²) in [6.45, 7) is 0. The lowest BCUT2D eigenvalue weighted by molar-refractivity contribution is 0.0596. The number of carbonyl (C=O) groups excluding carboxylic acids is 1. The molecular formula is C9H7FN2O2. The van der Waals surface area contributed by atoms with Crippen molar-refractivity contribution in [1.82, 2.24) is 10.2 Å². The number of H-pyrrole nitrogens is 1. The van der Waals surface area contributed by atoms with Gasteiger partial charge in [-0.25, -0.2) is 9.18 Å². The van der Waals surface area contributed by atoms with Crippen LogP contribution in [0, 0.1) is 5.82 Å². The van der Waals surface area contributed by atoms with Crippen LogP contribution in [0.1, 0.15) is 10.4 Å². The number of halogens is 1. The molecule has 0 aliphatic heterocycles. The largest absolute Gasteiger partial charge is 0.465 e. The third-order valence-electron chi connectivity index (χ3n) is 1.96. The van der Waals surface area contributed by atoms with Gasteiger partial charge in [-0.15, -0.1) is 0 Å². The summed E-state index contributed by atoms with van der Waals surface area (Å²) in [6, 6.07) is 2.98. The molecule has 0 aliphatic carbocycles. The van der Waals surface area contributed by atoms with E-state index in [0.717, 1.165) is 0 Å². The van der Waals surface area contributed by atoms with E-state index in [4.69, 9.17) is 0 Å². The highest BCUT2D eigenvalue weighted by atomic mass is 19.1. The molecule has 72 valence electrons. The quantitative estimate of drug-likeness (QED) is 0.699. The number of esters is 1. The van der Waals surface area contributed by atoms with Crippen LogP contribution in [-0.4, -0.2) is 23.3 Å². The van der Waals surface area contributed by atoms with Crippen LogP contribution in [-0.2, 0) is 4.74 Å². The van der Waals surface area contributed by atoms with Crippen LogP contribution < -0.4 is 0 Å². The van der Waals surface area contributed by atoms with Crippen LogP contribution in [0.25, 0.3) is 10.9 Å². The minimum absolute atomic E-state index is 0.0933. The number of carbonyl (C=O) groups is 1. The smallest absolute Gasteiger partial charge is 0.340 e. The van der Waals surface area contributed by atoms with E-state index in [-0.39, 0.29) is 11.1 Å². The van der Waals surface area contributed by atoms with Crippen molar-refractivity contribution in [2.24, 2.45) is 0 Å². The molecule has 0 amide bonds. The third kappa shape index (κ3) is 1.14. The van der Waals surface area contributed by atoms with Gasteiger partial charge < -0.3 is 4.74 Å². The fourth-order valence-electron chi connectivity index (χ4n) is 1.25. The Labute approximate surface area is 78.7 Å². The molecule has 14 heavy (non-hydrogen) atoms. The first kappa shape index (κ1) is 8.68. The van der Waals surface area contributed by atoms with Gasteiger partial charge in [0.05, 0.1) is 18.9 Å². The van der Waals surface area contributed by atoms with Gasteiger partial charge in [0.1, 0.15) is 5.52 Å². The monoisotopic (exact) mass is 194 g/mol. The van der Waals surface area contributed by atoms with Crippen molar-refractivity contribution >= 4 is 16.9 Å². The summed E-state index contributed by atoms with van der Waals surface area (Å²) in [5, 5.41) is 6.77. The predicted molar refractivity (Wildman–Crippen MR) is 47.4 cm³/mol. The fraction of sp³-hybridized carbons (Fsp3) is 0.111. The van der Waals surface area contributed by atoms with Gasteiger partial charge in [0.15, 0.2) is 5.82 Å². The molecule has 0 atom stereocenters. The van der Waals surface area contributed by atoms with Crippen molar-refractivity contribution in [3.63, 3.8) is 0 Å². The Morgan fingerprint density at radius 1 is 1.57 bits per heavy atom. The van der Waals surface area contributed by atoms with Gasteiger partial charge in [0, 0.05) is 5.39 Å². The summed E-state index contributed by atoms with van der Waals surface area (Å²) in [5.74, 6) is -1.33. The second kappa shape index (κ2) is 3.10. The van der Waals surface area contributed by atoms with Crippen molar-refractivity contribution in [2.45, 2.75) is 0 Å². The Kier molecular flexibility index (Phi) is 1.92. The van der Waals surface area contributed by atoms with E-state index in [1.165, 1.54) is 19.4 Å². The molecule has 0 radical (unpaired) electrons. The Morgan fingerprint density at radius 2 is 2.36 bits per heavy atom. The number of benzene rings is 1. The first-order valence-electron chi connectivity index (χ1n) is 3.94. The number of ether oxygens (including phenoxy) is 1. The zero-order valence-electron chi connectivity index (χ0n) is 7.37. The number of nitrogens with zero attached hydrogens (tertiary/aromatic N) is 1. The number of fused-ring (bicyclic) bond motifs is 1. The molecule has 0 aliphatic rings. The van der Waals surface area contributed by atoms with Crippen LogP contribution in [0.5, 0.6) is 0 Å². The highest BCUT2D eigenvalue weighted by Gasteiger charge is 2.15. The van der Waals surface area contributed by atoms with Gasteiger partial charge >= 0.3 is 5.97 Å². The normalized spacial score (nSPS) is 10.4. The van der Waals surface area contributed by atoms with Gasteiger partial charge in [-0.3, -0.25) is 5.10 Å². The molecule has 1 aromatic heterocycles. The molecule has 5 heteroatoms. The molecule has 2 rings (SSSR count). The standard InChI is InChI=1S/C9H7FN2O2/c1-14-9(13)6-3-2-5-4-11-12-8(5)7(6)10/h2-4H,1H3,(H,11,12). The second-order valence-electron chi connectivity index (χ2n) is 2.75. The van der Waals surface area contributed by atoms with Crippen LogP contribution in [0.3, 0.4) is 0 Å². The molecule has 0 saturated heterocycles. The molecular weight excluding hydrogens is 187 g/mol. The topological polar surface area (TPSA) is 55.0 Å². The summed E-state index contributed by atoms with van der Waals surface area (Å²) < 4.78 is 18.0. The number of hydrogen-bond donors (Lipinski definition) is 1. The SMILES string of the molecule is COC(=O)c1ccc2cn[nH]c2c1F. The number of nitrogens with one attached hydrogen (secondary N) is 1. The number of aromatic amines is 1. The lowest BCUT2D eigenvalue weighted by atomic mass is 10.1. The average molecular weight is 194 g/mol. The lowest BCUT2D eigenvalue weighted by Crippen LogP contribution is -2.04. The molecule has 1 N–H and O–H groups in total. The van der Waals surface area contributed by atoms with Crippen LogP contribution in [0.4, 0.5) is 4.39 Å². The number of methoxy groups -OCH3 is 1. The van der Waals surface area contributed by atoms with Gasteiger partial charge in [0.25, 0.3) is 0 Å². The van der Waals surface area contributed by atoms with Gasteiger partial charge in [-0.1, -0.05) is 6.07 Å². The molecule has 0 bridgehead atoms. The van der Waals surface area contributed by atoms with Crippen LogP contribution >= 0.6 is 0 Å². The van der Waals surface area contributed by atoms with Crippen molar-refractivity contribution in [1.29, 1.82) is 0 Å². The molecule has 0 spiro atoms. The van der Waals surface area contributed by atoms with Crippen molar-refractivity contribution < 1.29 is 13.9 Å². The highest BCUT2D eigenvalue weighted by Crippen LogP contribution is 2.18. The Balaban J connectivity index is 2.67. The second-order valence-corrected chi connectivity index (χ2v) is 2.75. The Hall–Kier alpha value is -1.91. The maximum atomic E-state index is 13.6. The van der Waals surface area contributed by atoms with Crippen molar-refractivity contribution in [2.75, 3.05) is 7.11 Å².